The fourth-order valence-electron chi connectivity index (χ4n) is 2.04. The smallest absolute Gasteiger partial charge is 0.165 e. The van der Waals surface area contributed by atoms with E-state index in [2.05, 4.69) is 16.9 Å². The number of rotatable bonds is 3. The Balaban J connectivity index is 2.16. The van der Waals surface area contributed by atoms with Crippen LogP contribution in [0.2, 0.25) is 5.15 Å². The number of benzene rings is 1. The monoisotopic (exact) mass is 322 g/mol. The van der Waals surface area contributed by atoms with E-state index in [9.17, 15) is 4.39 Å². The van der Waals surface area contributed by atoms with E-state index in [-0.39, 0.29) is 5.82 Å². The van der Waals surface area contributed by atoms with Crippen molar-refractivity contribution >= 4 is 33.2 Å². The normalized spacial score (nSPS) is 11.0. The van der Waals surface area contributed by atoms with Gasteiger partial charge in [-0.1, -0.05) is 18.5 Å². The van der Waals surface area contributed by atoms with E-state index in [1.165, 1.54) is 18.1 Å². The topological polar surface area (TPSA) is 35.0 Å². The van der Waals surface area contributed by atoms with Crippen molar-refractivity contribution in [2.75, 3.05) is 7.11 Å². The Labute approximate surface area is 130 Å². The van der Waals surface area contributed by atoms with Crippen molar-refractivity contribution in [3.05, 3.63) is 40.1 Å². The van der Waals surface area contributed by atoms with Crippen molar-refractivity contribution in [2.45, 2.75) is 13.3 Å². The molecule has 0 saturated carbocycles. The van der Waals surface area contributed by atoms with E-state index in [1.807, 2.05) is 6.07 Å². The van der Waals surface area contributed by atoms with Crippen LogP contribution in [-0.4, -0.2) is 17.1 Å². The summed E-state index contributed by atoms with van der Waals surface area (Å²) >= 11 is 7.75. The molecule has 0 unspecified atom stereocenters. The Hall–Kier alpha value is -1.72. The van der Waals surface area contributed by atoms with Gasteiger partial charge in [0.05, 0.1) is 12.7 Å². The molecule has 2 heterocycles. The third-order valence-electron chi connectivity index (χ3n) is 3.16. The van der Waals surface area contributed by atoms with Crippen LogP contribution in [-0.2, 0) is 6.42 Å². The number of fused-ring (bicyclic) bond motifs is 1. The molecule has 1 aromatic carbocycles. The SMILES string of the molecule is CCc1cc2c(Cl)nc(-c3ccc(OC)cc3F)nc2s1. The molecule has 0 saturated heterocycles. The molecule has 0 amide bonds. The zero-order chi connectivity index (χ0) is 15.0. The number of aromatic nitrogens is 2. The molecule has 0 N–H and O–H groups in total. The maximum atomic E-state index is 14.1. The first-order valence-electron chi connectivity index (χ1n) is 6.42. The van der Waals surface area contributed by atoms with Crippen LogP contribution in [0.5, 0.6) is 5.75 Å². The van der Waals surface area contributed by atoms with E-state index in [0.29, 0.717) is 16.5 Å². The number of ether oxygens (including phenoxy) is 1. The average Bonchev–Trinajstić information content (AvgIpc) is 2.90. The van der Waals surface area contributed by atoms with E-state index in [0.717, 1.165) is 16.6 Å². The fraction of sp³-hybridized carbons (Fsp3) is 0.200. The Morgan fingerprint density at radius 1 is 1.29 bits per heavy atom. The summed E-state index contributed by atoms with van der Waals surface area (Å²) in [5, 5.41) is 1.16. The minimum absolute atomic E-state index is 0.289. The summed E-state index contributed by atoms with van der Waals surface area (Å²) in [5.74, 6) is 0.307. The van der Waals surface area contributed by atoms with Crippen molar-refractivity contribution in [3.63, 3.8) is 0 Å². The molecule has 0 fully saturated rings. The molecule has 6 heteroatoms. The van der Waals surface area contributed by atoms with Crippen LogP contribution >= 0.6 is 22.9 Å². The lowest BCUT2D eigenvalue weighted by Gasteiger charge is -2.05. The second-order valence-corrected chi connectivity index (χ2v) is 5.94. The number of hydrogen-bond donors (Lipinski definition) is 0. The van der Waals surface area contributed by atoms with Crippen molar-refractivity contribution in [3.8, 4) is 17.1 Å². The van der Waals surface area contributed by atoms with Crippen molar-refractivity contribution in [1.82, 2.24) is 9.97 Å². The maximum absolute atomic E-state index is 14.1. The van der Waals surface area contributed by atoms with Gasteiger partial charge in [0.15, 0.2) is 5.82 Å². The highest BCUT2D eigenvalue weighted by atomic mass is 35.5. The standard InChI is InChI=1S/C15H12ClFN2OS/c1-3-9-7-11-13(16)18-14(19-15(11)21-9)10-5-4-8(20-2)6-12(10)17/h4-7H,3H2,1-2H3. The highest BCUT2D eigenvalue weighted by molar-refractivity contribution is 7.18. The van der Waals surface area contributed by atoms with Gasteiger partial charge in [0.1, 0.15) is 21.6 Å². The van der Waals surface area contributed by atoms with Gasteiger partial charge >= 0.3 is 0 Å². The summed E-state index contributed by atoms with van der Waals surface area (Å²) in [6.45, 7) is 2.07. The average molecular weight is 323 g/mol. The summed E-state index contributed by atoms with van der Waals surface area (Å²) in [4.78, 5) is 10.6. The largest absolute Gasteiger partial charge is 0.497 e. The molecule has 0 bridgehead atoms. The third kappa shape index (κ3) is 2.59. The molecule has 2 aromatic heterocycles. The van der Waals surface area contributed by atoms with Gasteiger partial charge < -0.3 is 4.74 Å². The first-order chi connectivity index (χ1) is 10.1. The summed E-state index contributed by atoms with van der Waals surface area (Å²) in [6, 6.07) is 6.56. The molecular formula is C15H12ClFN2OS. The molecule has 108 valence electrons. The van der Waals surface area contributed by atoms with Crippen LogP contribution in [0.4, 0.5) is 4.39 Å². The summed E-state index contributed by atoms with van der Waals surface area (Å²) < 4.78 is 19.1. The van der Waals surface area contributed by atoms with Gasteiger partial charge in [-0.05, 0) is 24.6 Å². The van der Waals surface area contributed by atoms with Crippen molar-refractivity contribution in [1.29, 1.82) is 0 Å². The molecule has 3 aromatic rings. The predicted octanol–water partition coefficient (Wildman–Crippen LogP) is 4.72. The highest BCUT2D eigenvalue weighted by Gasteiger charge is 2.14. The van der Waals surface area contributed by atoms with E-state index < -0.39 is 5.82 Å². The number of halogens is 2. The Bertz CT molecular complexity index is 819. The van der Waals surface area contributed by atoms with Crippen LogP contribution in [0.25, 0.3) is 21.6 Å². The zero-order valence-corrected chi connectivity index (χ0v) is 13.1. The second kappa shape index (κ2) is 5.58. The summed E-state index contributed by atoms with van der Waals surface area (Å²) in [5.41, 5.74) is 0.311. The number of nitrogens with zero attached hydrogens (tertiary/aromatic N) is 2. The number of hydrogen-bond acceptors (Lipinski definition) is 4. The Morgan fingerprint density at radius 2 is 2.10 bits per heavy atom. The van der Waals surface area contributed by atoms with Gasteiger partial charge in [-0.3, -0.25) is 0 Å². The van der Waals surface area contributed by atoms with Gasteiger partial charge in [0.25, 0.3) is 0 Å². The van der Waals surface area contributed by atoms with Crippen molar-refractivity contribution in [2.24, 2.45) is 0 Å². The highest BCUT2D eigenvalue weighted by Crippen LogP contribution is 2.32. The minimum Gasteiger partial charge on any atom is -0.497 e. The number of methoxy groups -OCH3 is 1. The van der Waals surface area contributed by atoms with E-state index in [1.54, 1.807) is 23.5 Å². The van der Waals surface area contributed by atoms with Gasteiger partial charge in [-0.2, -0.15) is 0 Å². The molecule has 3 nitrogen and oxygen atoms in total. The van der Waals surface area contributed by atoms with E-state index in [4.69, 9.17) is 16.3 Å². The molecule has 0 aliphatic heterocycles. The first kappa shape index (κ1) is 14.2. The number of thiophene rings is 1. The molecular weight excluding hydrogens is 311 g/mol. The third-order valence-corrected chi connectivity index (χ3v) is 4.62. The van der Waals surface area contributed by atoms with Gasteiger partial charge in [0, 0.05) is 16.3 Å². The first-order valence-corrected chi connectivity index (χ1v) is 7.61. The van der Waals surface area contributed by atoms with Crippen LogP contribution in [0.3, 0.4) is 0 Å². The lowest BCUT2D eigenvalue weighted by Crippen LogP contribution is -1.94. The summed E-state index contributed by atoms with van der Waals surface area (Å²) in [6.07, 6.45) is 0.906. The Morgan fingerprint density at radius 3 is 2.76 bits per heavy atom. The Kier molecular flexibility index (Phi) is 3.78. The molecule has 0 aliphatic carbocycles. The van der Waals surface area contributed by atoms with Crippen molar-refractivity contribution < 1.29 is 9.13 Å². The molecule has 21 heavy (non-hydrogen) atoms. The van der Waals surface area contributed by atoms with E-state index >= 15 is 0 Å². The zero-order valence-electron chi connectivity index (χ0n) is 11.5. The van der Waals surface area contributed by atoms with Crippen LogP contribution < -0.4 is 4.74 Å². The molecule has 3 rings (SSSR count). The van der Waals surface area contributed by atoms with Crippen LogP contribution in [0, 0.1) is 5.82 Å². The van der Waals surface area contributed by atoms with Gasteiger partial charge in [0.2, 0.25) is 0 Å². The number of aryl methyl sites for hydroxylation is 1. The van der Waals surface area contributed by atoms with Crippen LogP contribution in [0.15, 0.2) is 24.3 Å². The predicted molar refractivity (Wildman–Crippen MR) is 83.7 cm³/mol. The quantitative estimate of drug-likeness (QED) is 0.654. The second-order valence-electron chi connectivity index (χ2n) is 4.47. The molecule has 0 spiro atoms. The van der Waals surface area contributed by atoms with Gasteiger partial charge in [-0.25, -0.2) is 14.4 Å². The van der Waals surface area contributed by atoms with Crippen LogP contribution in [0.1, 0.15) is 11.8 Å². The fourth-order valence-corrected chi connectivity index (χ4v) is 3.28. The molecule has 0 aliphatic rings. The van der Waals surface area contributed by atoms with Gasteiger partial charge in [-0.15, -0.1) is 11.3 Å². The maximum Gasteiger partial charge on any atom is 0.165 e. The minimum atomic E-state index is -0.433. The molecule has 0 radical (unpaired) electrons. The lowest BCUT2D eigenvalue weighted by molar-refractivity contribution is 0.411. The summed E-state index contributed by atoms with van der Waals surface area (Å²) in [7, 11) is 1.49. The lowest BCUT2D eigenvalue weighted by atomic mass is 10.2. The molecule has 0 atom stereocenters.